The maximum atomic E-state index is 13.3. The number of carbonyl (C=O) groups excluding carboxylic acids is 1. The summed E-state index contributed by atoms with van der Waals surface area (Å²) in [5.74, 6) is 1.77. The van der Waals surface area contributed by atoms with Gasteiger partial charge in [0.1, 0.15) is 11.6 Å². The van der Waals surface area contributed by atoms with Crippen LogP contribution in [0.4, 0.5) is 14.9 Å². The van der Waals surface area contributed by atoms with Gasteiger partial charge >= 0.3 is 6.03 Å². The van der Waals surface area contributed by atoms with Crippen LogP contribution in [0.5, 0.6) is 17.2 Å². The van der Waals surface area contributed by atoms with Crippen molar-refractivity contribution in [3.8, 4) is 17.2 Å². The Labute approximate surface area is 179 Å². The number of benzene rings is 3. The van der Waals surface area contributed by atoms with Crippen LogP contribution in [0.2, 0.25) is 0 Å². The predicted octanol–water partition coefficient (Wildman–Crippen LogP) is 4.54. The molecule has 0 spiro atoms. The topological polar surface area (TPSA) is 68.8 Å². The van der Waals surface area contributed by atoms with E-state index in [0.29, 0.717) is 35.8 Å². The minimum atomic E-state index is -0.332. The smallest absolute Gasteiger partial charge is 0.319 e. The third-order valence-electron chi connectivity index (χ3n) is 4.98. The van der Waals surface area contributed by atoms with Crippen molar-refractivity contribution < 1.29 is 23.4 Å². The molecule has 7 heteroatoms. The number of nitrogens with one attached hydrogen (secondary N) is 2. The van der Waals surface area contributed by atoms with Gasteiger partial charge in [0.2, 0.25) is 6.79 Å². The second-order valence-electron chi connectivity index (χ2n) is 7.25. The lowest BCUT2D eigenvalue weighted by molar-refractivity contribution is 0.174. The average molecular weight is 422 g/mol. The molecule has 2 amide bonds. The molecule has 0 saturated heterocycles. The van der Waals surface area contributed by atoms with Crippen molar-refractivity contribution in [3.05, 3.63) is 83.7 Å². The number of amides is 2. The Morgan fingerprint density at radius 1 is 1.00 bits per heavy atom. The summed E-state index contributed by atoms with van der Waals surface area (Å²) in [5, 5.41) is 5.86. The fourth-order valence-electron chi connectivity index (χ4n) is 3.49. The molecule has 1 heterocycles. The van der Waals surface area contributed by atoms with Crippen molar-refractivity contribution in [3.63, 3.8) is 0 Å². The van der Waals surface area contributed by atoms with Gasteiger partial charge in [-0.15, -0.1) is 0 Å². The monoisotopic (exact) mass is 422 g/mol. The number of anilines is 1. The van der Waals surface area contributed by atoms with Crippen molar-refractivity contribution in [2.45, 2.75) is 18.9 Å². The van der Waals surface area contributed by atoms with Crippen molar-refractivity contribution in [1.82, 2.24) is 5.32 Å². The van der Waals surface area contributed by atoms with Gasteiger partial charge in [-0.2, -0.15) is 0 Å². The Hall–Kier alpha value is -3.74. The maximum absolute atomic E-state index is 13.3. The Balaban J connectivity index is 1.48. The summed E-state index contributed by atoms with van der Waals surface area (Å²) in [6.45, 7) is 0.207. The molecule has 0 bridgehead atoms. The Morgan fingerprint density at radius 3 is 2.55 bits per heavy atom. The van der Waals surface area contributed by atoms with E-state index in [0.717, 1.165) is 11.1 Å². The number of rotatable bonds is 7. The van der Waals surface area contributed by atoms with E-state index in [1.54, 1.807) is 43.5 Å². The lowest BCUT2D eigenvalue weighted by Crippen LogP contribution is -2.40. The quantitative estimate of drug-likeness (QED) is 0.587. The molecule has 0 fully saturated rings. The summed E-state index contributed by atoms with van der Waals surface area (Å²) >= 11 is 0. The summed E-state index contributed by atoms with van der Waals surface area (Å²) in [6, 6.07) is 18.6. The Bertz CT molecular complexity index is 1060. The van der Waals surface area contributed by atoms with E-state index in [-0.39, 0.29) is 24.7 Å². The summed E-state index contributed by atoms with van der Waals surface area (Å²) in [5.41, 5.74) is 2.55. The van der Waals surface area contributed by atoms with Crippen molar-refractivity contribution in [2.75, 3.05) is 19.2 Å². The van der Waals surface area contributed by atoms with E-state index in [1.165, 1.54) is 12.1 Å². The van der Waals surface area contributed by atoms with Gasteiger partial charge in [0.15, 0.2) is 11.5 Å². The summed E-state index contributed by atoms with van der Waals surface area (Å²) in [4.78, 5) is 12.7. The molecule has 3 aromatic carbocycles. The maximum Gasteiger partial charge on any atom is 0.319 e. The molecule has 0 saturated carbocycles. The van der Waals surface area contributed by atoms with Gasteiger partial charge in [0.25, 0.3) is 0 Å². The highest BCUT2D eigenvalue weighted by atomic mass is 19.1. The summed E-state index contributed by atoms with van der Waals surface area (Å²) in [7, 11) is 1.57. The zero-order valence-electron chi connectivity index (χ0n) is 17.1. The minimum absolute atomic E-state index is 0.207. The van der Waals surface area contributed by atoms with Crippen LogP contribution < -0.4 is 24.8 Å². The highest BCUT2D eigenvalue weighted by Crippen LogP contribution is 2.33. The highest BCUT2D eigenvalue weighted by Gasteiger charge is 2.18. The third kappa shape index (κ3) is 5.45. The molecular weight excluding hydrogens is 399 g/mol. The first-order valence-corrected chi connectivity index (χ1v) is 9.93. The van der Waals surface area contributed by atoms with Crippen molar-refractivity contribution >= 4 is 11.7 Å². The molecule has 1 aliphatic rings. The largest absolute Gasteiger partial charge is 0.497 e. The van der Waals surface area contributed by atoms with Gasteiger partial charge in [-0.05, 0) is 60.4 Å². The van der Waals surface area contributed by atoms with Crippen LogP contribution in [0.1, 0.15) is 11.1 Å². The normalized spacial score (nSPS) is 12.8. The molecule has 160 valence electrons. The van der Waals surface area contributed by atoms with Crippen LogP contribution in [0.25, 0.3) is 0 Å². The lowest BCUT2D eigenvalue weighted by Gasteiger charge is -2.20. The number of halogens is 1. The molecule has 4 rings (SSSR count). The fourth-order valence-corrected chi connectivity index (χ4v) is 3.49. The van der Waals surface area contributed by atoms with E-state index < -0.39 is 0 Å². The highest BCUT2D eigenvalue weighted by molar-refractivity contribution is 5.89. The third-order valence-corrected chi connectivity index (χ3v) is 4.98. The number of urea groups is 1. The molecular formula is C24H23FN2O4. The molecule has 2 N–H and O–H groups in total. The Morgan fingerprint density at radius 2 is 1.74 bits per heavy atom. The number of fused-ring (bicyclic) bond motifs is 1. The van der Waals surface area contributed by atoms with Crippen LogP contribution in [0.15, 0.2) is 66.7 Å². The molecule has 0 radical (unpaired) electrons. The average Bonchev–Trinajstić information content (AvgIpc) is 3.23. The predicted molar refractivity (Wildman–Crippen MR) is 115 cm³/mol. The first-order chi connectivity index (χ1) is 15.1. The van der Waals surface area contributed by atoms with Crippen LogP contribution in [-0.4, -0.2) is 26.0 Å². The first-order valence-electron chi connectivity index (χ1n) is 9.93. The Kier molecular flexibility index (Phi) is 6.21. The lowest BCUT2D eigenvalue weighted by atomic mass is 9.98. The molecule has 1 atom stereocenters. The SMILES string of the molecule is COc1cccc(NC(=O)NC(Cc2ccc(F)cc2)Cc2ccc3c(c2)OCO3)c1. The van der Waals surface area contributed by atoms with Gasteiger partial charge in [-0.25, -0.2) is 9.18 Å². The summed E-state index contributed by atoms with van der Waals surface area (Å²) < 4.78 is 29.3. The molecule has 31 heavy (non-hydrogen) atoms. The first kappa shape index (κ1) is 20.5. The van der Waals surface area contributed by atoms with E-state index in [1.807, 2.05) is 18.2 Å². The van der Waals surface area contributed by atoms with Gasteiger partial charge in [-0.3, -0.25) is 0 Å². The van der Waals surface area contributed by atoms with E-state index in [4.69, 9.17) is 14.2 Å². The molecule has 1 unspecified atom stereocenters. The fraction of sp³-hybridized carbons (Fsp3) is 0.208. The second-order valence-corrected chi connectivity index (χ2v) is 7.25. The van der Waals surface area contributed by atoms with Crippen molar-refractivity contribution in [1.29, 1.82) is 0 Å². The number of carbonyl (C=O) groups is 1. The van der Waals surface area contributed by atoms with Gasteiger partial charge in [0, 0.05) is 17.8 Å². The van der Waals surface area contributed by atoms with Crippen LogP contribution >= 0.6 is 0 Å². The zero-order chi connectivity index (χ0) is 21.6. The zero-order valence-corrected chi connectivity index (χ0v) is 17.1. The van der Waals surface area contributed by atoms with E-state index >= 15 is 0 Å². The van der Waals surface area contributed by atoms with Crippen molar-refractivity contribution in [2.24, 2.45) is 0 Å². The molecule has 0 aliphatic carbocycles. The van der Waals surface area contributed by atoms with Gasteiger partial charge in [0.05, 0.1) is 7.11 Å². The van der Waals surface area contributed by atoms with Gasteiger partial charge in [-0.1, -0.05) is 24.3 Å². The summed E-state index contributed by atoms with van der Waals surface area (Å²) in [6.07, 6.45) is 1.11. The number of hydrogen-bond acceptors (Lipinski definition) is 4. The molecule has 3 aromatic rings. The number of methoxy groups -OCH3 is 1. The van der Waals surface area contributed by atoms with Crippen LogP contribution in [0.3, 0.4) is 0 Å². The number of ether oxygens (including phenoxy) is 3. The van der Waals surface area contributed by atoms with Gasteiger partial charge < -0.3 is 24.8 Å². The minimum Gasteiger partial charge on any atom is -0.497 e. The molecule has 1 aliphatic heterocycles. The molecule has 6 nitrogen and oxygen atoms in total. The standard InChI is InChI=1S/C24H23FN2O4/c1-29-21-4-2-3-19(14-21)26-24(28)27-20(11-16-5-8-18(25)9-6-16)12-17-7-10-22-23(13-17)31-15-30-22/h2-10,13-14,20H,11-12,15H2,1H3,(H2,26,27,28). The van der Waals surface area contributed by atoms with E-state index in [9.17, 15) is 9.18 Å². The second kappa shape index (κ2) is 9.38. The van der Waals surface area contributed by atoms with E-state index in [2.05, 4.69) is 10.6 Å². The number of hydrogen-bond donors (Lipinski definition) is 2. The van der Waals surface area contributed by atoms with Crippen LogP contribution in [0, 0.1) is 5.82 Å². The molecule has 0 aromatic heterocycles. The van der Waals surface area contributed by atoms with Crippen LogP contribution in [-0.2, 0) is 12.8 Å².